The van der Waals surface area contributed by atoms with Gasteiger partial charge < -0.3 is 0 Å². The second kappa shape index (κ2) is 4.14. The van der Waals surface area contributed by atoms with E-state index in [-0.39, 0.29) is 11.2 Å². The van der Waals surface area contributed by atoms with Gasteiger partial charge in [-0.05, 0) is 17.7 Å². The van der Waals surface area contributed by atoms with Crippen LogP contribution in [0.1, 0.15) is 5.56 Å². The summed E-state index contributed by atoms with van der Waals surface area (Å²) < 4.78 is 2.57. The zero-order valence-corrected chi connectivity index (χ0v) is 8.83. The first-order chi connectivity index (χ1) is 7.68. The molecule has 0 spiro atoms. The van der Waals surface area contributed by atoms with Crippen LogP contribution in [0.15, 0.2) is 46.4 Å². The van der Waals surface area contributed by atoms with E-state index in [1.807, 2.05) is 12.1 Å². The molecule has 2 heterocycles. The van der Waals surface area contributed by atoms with Gasteiger partial charge in [-0.3, -0.25) is 18.9 Å². The lowest BCUT2D eigenvalue weighted by molar-refractivity contribution is 0.645. The summed E-state index contributed by atoms with van der Waals surface area (Å²) >= 11 is 0. The van der Waals surface area contributed by atoms with E-state index >= 15 is 0 Å². The highest BCUT2D eigenvalue weighted by atomic mass is 16.2. The van der Waals surface area contributed by atoms with Crippen molar-refractivity contribution in [2.75, 3.05) is 0 Å². The minimum Gasteiger partial charge on any atom is -0.296 e. The molecule has 0 bridgehead atoms. The van der Waals surface area contributed by atoms with Gasteiger partial charge in [0.1, 0.15) is 0 Å². The number of hydrogen-bond acceptors (Lipinski definition) is 3. The van der Waals surface area contributed by atoms with Crippen LogP contribution in [0.2, 0.25) is 0 Å². The third-order valence-electron chi connectivity index (χ3n) is 2.36. The number of nitrogens with zero attached hydrogens (tertiary/aromatic N) is 3. The highest BCUT2D eigenvalue weighted by Gasteiger charge is 2.01. The summed E-state index contributed by atoms with van der Waals surface area (Å²) in [7, 11) is 1.47. The van der Waals surface area contributed by atoms with Crippen LogP contribution in [0.3, 0.4) is 0 Å². The van der Waals surface area contributed by atoms with E-state index < -0.39 is 0 Å². The molecule has 2 rings (SSSR count). The lowest BCUT2D eigenvalue weighted by Crippen LogP contribution is -2.37. The van der Waals surface area contributed by atoms with Gasteiger partial charge in [-0.25, -0.2) is 4.79 Å². The summed E-state index contributed by atoms with van der Waals surface area (Å²) in [5.41, 5.74) is 0.357. The molecular formula is C11H11N3O2. The molecule has 16 heavy (non-hydrogen) atoms. The average Bonchev–Trinajstić information content (AvgIpc) is 2.31. The predicted octanol–water partition coefficient (Wildman–Crippen LogP) is -0.00970. The number of rotatable bonds is 2. The summed E-state index contributed by atoms with van der Waals surface area (Å²) in [6, 6.07) is 5.04. The molecule has 0 aliphatic heterocycles. The van der Waals surface area contributed by atoms with Crippen molar-refractivity contribution in [3.05, 3.63) is 63.2 Å². The second-order valence-corrected chi connectivity index (χ2v) is 3.48. The van der Waals surface area contributed by atoms with Crippen LogP contribution in [0.5, 0.6) is 0 Å². The topological polar surface area (TPSA) is 56.9 Å². The van der Waals surface area contributed by atoms with Crippen LogP contribution < -0.4 is 11.2 Å². The van der Waals surface area contributed by atoms with Crippen LogP contribution >= 0.6 is 0 Å². The Bertz CT molecular complexity index is 599. The summed E-state index contributed by atoms with van der Waals surface area (Å²) in [6.45, 7) is 0.440. The van der Waals surface area contributed by atoms with Crippen LogP contribution in [0.4, 0.5) is 0 Å². The van der Waals surface area contributed by atoms with Gasteiger partial charge in [-0.1, -0.05) is 0 Å². The molecule has 2 aromatic heterocycles. The quantitative estimate of drug-likeness (QED) is 0.711. The molecule has 5 heteroatoms. The Morgan fingerprint density at radius 1 is 1.19 bits per heavy atom. The van der Waals surface area contributed by atoms with Crippen LogP contribution in [-0.4, -0.2) is 14.1 Å². The van der Waals surface area contributed by atoms with Gasteiger partial charge in [-0.2, -0.15) is 0 Å². The van der Waals surface area contributed by atoms with Gasteiger partial charge in [0.15, 0.2) is 0 Å². The SMILES string of the molecule is Cn1c(=O)ccn(Cc2ccncc2)c1=O. The first-order valence-corrected chi connectivity index (χ1v) is 4.84. The highest BCUT2D eigenvalue weighted by molar-refractivity contribution is 5.10. The first-order valence-electron chi connectivity index (χ1n) is 4.84. The summed E-state index contributed by atoms with van der Waals surface area (Å²) in [4.78, 5) is 26.8. The van der Waals surface area contributed by atoms with Crippen molar-refractivity contribution in [1.29, 1.82) is 0 Å². The maximum absolute atomic E-state index is 11.7. The van der Waals surface area contributed by atoms with Crippen molar-refractivity contribution in [3.63, 3.8) is 0 Å². The molecule has 5 nitrogen and oxygen atoms in total. The minimum absolute atomic E-state index is 0.295. The largest absolute Gasteiger partial charge is 0.331 e. The molecule has 0 N–H and O–H groups in total. The summed E-state index contributed by atoms with van der Waals surface area (Å²) in [5.74, 6) is 0. The maximum Gasteiger partial charge on any atom is 0.331 e. The fourth-order valence-corrected chi connectivity index (χ4v) is 1.42. The maximum atomic E-state index is 11.7. The van der Waals surface area contributed by atoms with E-state index in [1.165, 1.54) is 23.9 Å². The molecule has 82 valence electrons. The summed E-state index contributed by atoms with van der Waals surface area (Å²) in [5, 5.41) is 0. The van der Waals surface area contributed by atoms with Gasteiger partial charge in [0.2, 0.25) is 0 Å². The van der Waals surface area contributed by atoms with Crippen LogP contribution in [0, 0.1) is 0 Å². The zero-order chi connectivity index (χ0) is 11.5. The molecule has 0 aromatic carbocycles. The Hall–Kier alpha value is -2.17. The van der Waals surface area contributed by atoms with Crippen molar-refractivity contribution in [2.45, 2.75) is 6.54 Å². The molecule has 0 radical (unpaired) electrons. The molecule has 0 amide bonds. The standard InChI is InChI=1S/C11H11N3O2/c1-13-10(15)4-7-14(11(13)16)8-9-2-5-12-6-3-9/h2-7H,8H2,1H3. The van der Waals surface area contributed by atoms with Gasteiger partial charge in [-0.15, -0.1) is 0 Å². The number of hydrogen-bond donors (Lipinski definition) is 0. The second-order valence-electron chi connectivity index (χ2n) is 3.48. The molecule has 0 fully saturated rings. The molecule has 0 saturated carbocycles. The van der Waals surface area contributed by atoms with E-state index in [9.17, 15) is 9.59 Å². The molecule has 0 unspecified atom stereocenters. The number of aromatic nitrogens is 3. The molecule has 2 aromatic rings. The summed E-state index contributed by atoms with van der Waals surface area (Å²) in [6.07, 6.45) is 4.84. The van der Waals surface area contributed by atoms with E-state index in [0.29, 0.717) is 6.54 Å². The lowest BCUT2D eigenvalue weighted by Gasteiger charge is -2.06. The van der Waals surface area contributed by atoms with Gasteiger partial charge >= 0.3 is 5.69 Å². The van der Waals surface area contributed by atoms with E-state index in [1.54, 1.807) is 12.4 Å². The third kappa shape index (κ3) is 1.93. The monoisotopic (exact) mass is 217 g/mol. The normalized spacial score (nSPS) is 10.3. The van der Waals surface area contributed by atoms with Crippen molar-refractivity contribution in [1.82, 2.24) is 14.1 Å². The smallest absolute Gasteiger partial charge is 0.296 e. The zero-order valence-electron chi connectivity index (χ0n) is 8.83. The number of pyridine rings is 1. The van der Waals surface area contributed by atoms with Crippen molar-refractivity contribution in [3.8, 4) is 0 Å². The molecule has 0 atom stereocenters. The molecular weight excluding hydrogens is 206 g/mol. The fourth-order valence-electron chi connectivity index (χ4n) is 1.42. The van der Waals surface area contributed by atoms with Crippen molar-refractivity contribution >= 4 is 0 Å². The van der Waals surface area contributed by atoms with Crippen LogP contribution in [-0.2, 0) is 13.6 Å². The van der Waals surface area contributed by atoms with Crippen molar-refractivity contribution < 1.29 is 0 Å². The Morgan fingerprint density at radius 3 is 2.56 bits per heavy atom. The van der Waals surface area contributed by atoms with E-state index in [2.05, 4.69) is 4.98 Å². The van der Waals surface area contributed by atoms with Gasteiger partial charge in [0.25, 0.3) is 5.56 Å². The van der Waals surface area contributed by atoms with Crippen molar-refractivity contribution in [2.24, 2.45) is 7.05 Å². The molecule has 0 aliphatic rings. The van der Waals surface area contributed by atoms with E-state index in [0.717, 1.165) is 10.1 Å². The highest BCUT2D eigenvalue weighted by Crippen LogP contribution is 1.97. The third-order valence-corrected chi connectivity index (χ3v) is 2.36. The lowest BCUT2D eigenvalue weighted by atomic mass is 10.3. The average molecular weight is 217 g/mol. The minimum atomic E-state index is -0.315. The van der Waals surface area contributed by atoms with Gasteiger partial charge in [0, 0.05) is 31.7 Å². The van der Waals surface area contributed by atoms with Gasteiger partial charge in [0.05, 0.1) is 6.54 Å². The Labute approximate surface area is 91.6 Å². The Morgan fingerprint density at radius 2 is 1.88 bits per heavy atom. The Kier molecular flexibility index (Phi) is 2.68. The Balaban J connectivity index is 2.41. The molecule has 0 aliphatic carbocycles. The first kappa shape index (κ1) is 10.4. The fraction of sp³-hybridized carbons (Fsp3) is 0.182. The van der Waals surface area contributed by atoms with Crippen LogP contribution in [0.25, 0.3) is 0 Å². The molecule has 0 saturated heterocycles. The van der Waals surface area contributed by atoms with E-state index in [4.69, 9.17) is 0 Å². The predicted molar refractivity (Wildman–Crippen MR) is 59.3 cm³/mol.